The lowest BCUT2D eigenvalue weighted by Crippen LogP contribution is -2.15. The molecule has 0 bridgehead atoms. The molecule has 2 aromatic rings. The minimum atomic E-state index is 0.0704. The molecule has 3 nitrogen and oxygen atoms in total. The Labute approximate surface area is 117 Å². The van der Waals surface area contributed by atoms with Crippen LogP contribution in [0.15, 0.2) is 40.1 Å². The summed E-state index contributed by atoms with van der Waals surface area (Å²) in [6.45, 7) is 5.93. The number of benzene rings is 1. The second kappa shape index (κ2) is 5.45. The molecule has 0 aliphatic carbocycles. The molecule has 0 saturated heterocycles. The first-order valence-electron chi connectivity index (χ1n) is 6.05. The number of hydrogen-bond acceptors (Lipinski definition) is 3. The van der Waals surface area contributed by atoms with Gasteiger partial charge in [-0.15, -0.1) is 0 Å². The highest BCUT2D eigenvalue weighted by Gasteiger charge is 2.13. The first kappa shape index (κ1) is 13.6. The molecular formula is C15H17N3S. The fraction of sp³-hybridized carbons (Fsp3) is 0.200. The molecule has 98 valence electrons. The lowest BCUT2D eigenvalue weighted by Gasteiger charge is -2.12. The van der Waals surface area contributed by atoms with Crippen LogP contribution in [0, 0.1) is 26.2 Å². The molecule has 0 aliphatic heterocycles. The van der Waals surface area contributed by atoms with Gasteiger partial charge in [-0.25, -0.2) is 0 Å². The van der Waals surface area contributed by atoms with Gasteiger partial charge < -0.3 is 5.73 Å². The number of aromatic nitrogens is 1. The third kappa shape index (κ3) is 2.96. The summed E-state index contributed by atoms with van der Waals surface area (Å²) in [7, 11) is 0. The van der Waals surface area contributed by atoms with Crippen LogP contribution >= 0.6 is 11.8 Å². The quantitative estimate of drug-likeness (QED) is 0.664. The van der Waals surface area contributed by atoms with E-state index in [1.165, 1.54) is 10.5 Å². The number of pyridine rings is 1. The zero-order chi connectivity index (χ0) is 14.0. The zero-order valence-corrected chi connectivity index (χ0v) is 12.1. The number of nitrogen functional groups attached to an aromatic ring is 1. The minimum absolute atomic E-state index is 0.0704. The lowest BCUT2D eigenvalue weighted by atomic mass is 10.1. The first-order valence-corrected chi connectivity index (χ1v) is 6.87. The number of nitrogens with two attached hydrogens (primary N) is 1. The van der Waals surface area contributed by atoms with Crippen molar-refractivity contribution in [3.05, 3.63) is 52.8 Å². The van der Waals surface area contributed by atoms with E-state index in [2.05, 4.69) is 24.0 Å². The maximum Gasteiger partial charge on any atom is 0.125 e. The predicted molar refractivity (Wildman–Crippen MR) is 80.0 cm³/mol. The summed E-state index contributed by atoms with van der Waals surface area (Å²) in [6.07, 6.45) is 0. The van der Waals surface area contributed by atoms with Crippen LogP contribution in [0.4, 0.5) is 0 Å². The molecule has 1 aromatic heterocycles. The summed E-state index contributed by atoms with van der Waals surface area (Å²) in [4.78, 5) is 6.55. The van der Waals surface area contributed by atoms with Crippen molar-refractivity contribution in [1.29, 1.82) is 5.41 Å². The van der Waals surface area contributed by atoms with E-state index in [-0.39, 0.29) is 5.84 Å². The fourth-order valence-corrected chi connectivity index (χ4v) is 3.19. The smallest absolute Gasteiger partial charge is 0.125 e. The van der Waals surface area contributed by atoms with Crippen molar-refractivity contribution >= 4 is 17.6 Å². The molecule has 0 amide bonds. The fourth-order valence-electron chi connectivity index (χ4n) is 1.99. The van der Waals surface area contributed by atoms with Gasteiger partial charge >= 0.3 is 0 Å². The summed E-state index contributed by atoms with van der Waals surface area (Å²) >= 11 is 1.64. The van der Waals surface area contributed by atoms with Crippen LogP contribution in [-0.2, 0) is 0 Å². The summed E-state index contributed by atoms with van der Waals surface area (Å²) in [5.74, 6) is 0.0704. The van der Waals surface area contributed by atoms with Crippen LogP contribution < -0.4 is 5.73 Å². The molecule has 0 aliphatic rings. The average Bonchev–Trinajstić information content (AvgIpc) is 2.30. The van der Waals surface area contributed by atoms with Crippen LogP contribution in [0.1, 0.15) is 22.5 Å². The van der Waals surface area contributed by atoms with Crippen molar-refractivity contribution in [3.8, 4) is 0 Å². The van der Waals surface area contributed by atoms with Gasteiger partial charge in [0.05, 0.1) is 5.56 Å². The highest BCUT2D eigenvalue weighted by atomic mass is 32.2. The molecule has 0 unspecified atom stereocenters. The van der Waals surface area contributed by atoms with Crippen LogP contribution in [0.5, 0.6) is 0 Å². The Kier molecular flexibility index (Phi) is 3.90. The highest BCUT2D eigenvalue weighted by Crippen LogP contribution is 2.33. The Bertz CT molecular complexity index is 635. The number of hydrogen-bond donors (Lipinski definition) is 2. The number of nitrogens with one attached hydrogen (secondary N) is 1. The molecule has 0 radical (unpaired) electrons. The Morgan fingerprint density at radius 1 is 1.16 bits per heavy atom. The Balaban J connectivity index is 2.51. The van der Waals surface area contributed by atoms with Gasteiger partial charge in [-0.3, -0.25) is 10.4 Å². The predicted octanol–water partition coefficient (Wildman–Crippen LogP) is 3.44. The van der Waals surface area contributed by atoms with Gasteiger partial charge in [0.15, 0.2) is 0 Å². The normalized spacial score (nSPS) is 10.5. The summed E-state index contributed by atoms with van der Waals surface area (Å²) in [5, 5.41) is 7.73. The van der Waals surface area contributed by atoms with E-state index in [1.807, 2.05) is 32.0 Å². The number of amidine groups is 1. The van der Waals surface area contributed by atoms with Crippen molar-refractivity contribution in [3.63, 3.8) is 0 Å². The molecule has 0 saturated carbocycles. The van der Waals surface area contributed by atoms with E-state index in [4.69, 9.17) is 11.1 Å². The van der Waals surface area contributed by atoms with Crippen LogP contribution in [-0.4, -0.2) is 10.8 Å². The minimum Gasteiger partial charge on any atom is -0.384 e. The van der Waals surface area contributed by atoms with Gasteiger partial charge in [-0.2, -0.15) is 0 Å². The van der Waals surface area contributed by atoms with Crippen molar-refractivity contribution in [2.75, 3.05) is 0 Å². The van der Waals surface area contributed by atoms with Crippen molar-refractivity contribution in [2.24, 2.45) is 5.73 Å². The molecule has 0 spiro atoms. The van der Waals surface area contributed by atoms with Gasteiger partial charge in [0.25, 0.3) is 0 Å². The number of rotatable bonds is 3. The largest absolute Gasteiger partial charge is 0.384 e. The van der Waals surface area contributed by atoms with E-state index >= 15 is 0 Å². The molecule has 19 heavy (non-hydrogen) atoms. The lowest BCUT2D eigenvalue weighted by molar-refractivity contribution is 1.07. The second-order valence-corrected chi connectivity index (χ2v) is 5.59. The maximum atomic E-state index is 7.73. The van der Waals surface area contributed by atoms with Crippen molar-refractivity contribution < 1.29 is 0 Å². The van der Waals surface area contributed by atoms with Gasteiger partial charge in [0, 0.05) is 21.2 Å². The van der Waals surface area contributed by atoms with Crippen molar-refractivity contribution in [2.45, 2.75) is 30.6 Å². The van der Waals surface area contributed by atoms with Crippen molar-refractivity contribution in [1.82, 2.24) is 4.98 Å². The molecule has 1 heterocycles. The molecule has 1 aromatic carbocycles. The van der Waals surface area contributed by atoms with E-state index in [0.717, 1.165) is 21.8 Å². The van der Waals surface area contributed by atoms with E-state index in [1.54, 1.807) is 11.8 Å². The Hall–Kier alpha value is -1.81. The third-order valence-corrected chi connectivity index (χ3v) is 4.09. The van der Waals surface area contributed by atoms with E-state index in [9.17, 15) is 0 Å². The maximum absolute atomic E-state index is 7.73. The summed E-state index contributed by atoms with van der Waals surface area (Å²) < 4.78 is 0. The molecule has 4 heteroatoms. The molecular weight excluding hydrogens is 254 g/mol. The van der Waals surface area contributed by atoms with Crippen LogP contribution in [0.2, 0.25) is 0 Å². The van der Waals surface area contributed by atoms with Crippen LogP contribution in [0.25, 0.3) is 0 Å². The highest BCUT2D eigenvalue weighted by molar-refractivity contribution is 7.99. The standard InChI is InChI=1S/C15H17N3S/c1-9-6-4-5-7-12(9)19-13-8-10(2)18-11(3)14(13)15(16)17/h4-8H,1-3H3,(H3,16,17). The third-order valence-electron chi connectivity index (χ3n) is 2.88. The Morgan fingerprint density at radius 3 is 2.47 bits per heavy atom. The SMILES string of the molecule is Cc1cc(Sc2ccccc2C)c(C(=N)N)c(C)n1. The van der Waals surface area contributed by atoms with Gasteiger partial charge in [0.2, 0.25) is 0 Å². The monoisotopic (exact) mass is 271 g/mol. The number of nitrogens with zero attached hydrogens (tertiary/aromatic N) is 1. The average molecular weight is 271 g/mol. The molecule has 3 N–H and O–H groups in total. The van der Waals surface area contributed by atoms with Gasteiger partial charge in [-0.1, -0.05) is 30.0 Å². The Morgan fingerprint density at radius 2 is 1.84 bits per heavy atom. The second-order valence-electron chi connectivity index (χ2n) is 4.50. The summed E-state index contributed by atoms with van der Waals surface area (Å²) in [6, 6.07) is 10.2. The first-order chi connectivity index (χ1) is 8.99. The topological polar surface area (TPSA) is 62.8 Å². The van der Waals surface area contributed by atoms with Gasteiger partial charge in [0.1, 0.15) is 5.84 Å². The van der Waals surface area contributed by atoms with Crippen LogP contribution in [0.3, 0.4) is 0 Å². The number of aryl methyl sites for hydroxylation is 3. The van der Waals surface area contributed by atoms with E-state index < -0.39 is 0 Å². The zero-order valence-electron chi connectivity index (χ0n) is 11.3. The van der Waals surface area contributed by atoms with E-state index in [0.29, 0.717) is 0 Å². The summed E-state index contributed by atoms with van der Waals surface area (Å²) in [5.41, 5.74) is 9.39. The molecule has 0 atom stereocenters. The molecule has 0 fully saturated rings. The van der Waals surface area contributed by atoms with Gasteiger partial charge in [-0.05, 0) is 38.5 Å². The molecule has 2 rings (SSSR count).